The number of carbonyl (C=O) groups excluding carboxylic acids is 2. The van der Waals surface area contributed by atoms with Crippen molar-refractivity contribution >= 4 is 11.8 Å². The van der Waals surface area contributed by atoms with Crippen LogP contribution < -0.4 is 29.6 Å². The fourth-order valence-electron chi connectivity index (χ4n) is 2.85. The summed E-state index contributed by atoms with van der Waals surface area (Å²) < 4.78 is 0. The number of amides is 2. The average molecular weight is 311 g/mol. The van der Waals surface area contributed by atoms with Crippen LogP contribution in [0.15, 0.2) is 24.3 Å². The standard InChI is InChI=1S/C18H25NO2.Na.H/c1-2-3-4-5-6-7-8-11-14-19-17(20)15-12-9-10-13-16(15)18(19)21;;/h9-10,12-13H,2-8,11,14H2,1H3;;/q;+1;-1. The van der Waals surface area contributed by atoms with Gasteiger partial charge in [0, 0.05) is 6.54 Å². The Bertz CT molecular complexity index is 473. The van der Waals surface area contributed by atoms with Crippen LogP contribution in [0.25, 0.3) is 0 Å². The SMILES string of the molecule is CCCCCCCCCCN1C(=O)c2ccccc2C1=O.[H-].[Na+]. The van der Waals surface area contributed by atoms with Crippen molar-refractivity contribution in [2.45, 2.75) is 58.3 Å². The van der Waals surface area contributed by atoms with E-state index in [-0.39, 0.29) is 42.8 Å². The third-order valence-electron chi connectivity index (χ3n) is 4.11. The van der Waals surface area contributed by atoms with Crippen LogP contribution in [0.5, 0.6) is 0 Å². The van der Waals surface area contributed by atoms with Crippen LogP contribution in [0.2, 0.25) is 0 Å². The second kappa shape index (κ2) is 10.2. The molecule has 0 fully saturated rings. The van der Waals surface area contributed by atoms with Gasteiger partial charge in [-0.05, 0) is 18.6 Å². The van der Waals surface area contributed by atoms with E-state index in [0.29, 0.717) is 17.7 Å². The molecule has 0 bridgehead atoms. The second-order valence-corrected chi connectivity index (χ2v) is 5.78. The summed E-state index contributed by atoms with van der Waals surface area (Å²) in [7, 11) is 0. The van der Waals surface area contributed by atoms with E-state index in [2.05, 4.69) is 6.92 Å². The molecule has 3 nitrogen and oxygen atoms in total. The molecule has 1 aliphatic rings. The Morgan fingerprint density at radius 3 is 1.77 bits per heavy atom. The van der Waals surface area contributed by atoms with Gasteiger partial charge in [-0.2, -0.15) is 0 Å². The summed E-state index contributed by atoms with van der Waals surface area (Å²) in [5.41, 5.74) is 1.11. The van der Waals surface area contributed by atoms with E-state index in [1.54, 1.807) is 12.1 Å². The van der Waals surface area contributed by atoms with Gasteiger partial charge in [-0.1, -0.05) is 64.0 Å². The van der Waals surface area contributed by atoms with Crippen molar-refractivity contribution in [2.24, 2.45) is 0 Å². The Morgan fingerprint density at radius 1 is 0.818 bits per heavy atom. The Kier molecular flexibility index (Phi) is 8.99. The molecule has 0 N–H and O–H groups in total. The summed E-state index contributed by atoms with van der Waals surface area (Å²) in [5, 5.41) is 0. The maximum absolute atomic E-state index is 12.2. The molecule has 2 amide bonds. The zero-order valence-corrected chi connectivity index (χ0v) is 15.9. The molecule has 4 heteroatoms. The van der Waals surface area contributed by atoms with Crippen molar-refractivity contribution in [2.75, 3.05) is 6.54 Å². The summed E-state index contributed by atoms with van der Waals surface area (Å²) in [6.45, 7) is 2.78. The molecule has 0 aromatic heterocycles. The minimum absolute atomic E-state index is 0. The molecular weight excluding hydrogens is 285 g/mol. The molecule has 0 saturated carbocycles. The van der Waals surface area contributed by atoms with Gasteiger partial charge in [0.1, 0.15) is 0 Å². The number of benzene rings is 1. The first-order valence-electron chi connectivity index (χ1n) is 8.21. The Labute approximate surface area is 157 Å². The molecule has 1 aromatic rings. The molecule has 1 heterocycles. The summed E-state index contributed by atoms with van der Waals surface area (Å²) >= 11 is 0. The quantitative estimate of drug-likeness (QED) is 0.394. The first-order chi connectivity index (χ1) is 10.3. The molecule has 0 atom stereocenters. The number of hydrogen-bond donors (Lipinski definition) is 0. The summed E-state index contributed by atoms with van der Waals surface area (Å²) in [6, 6.07) is 7.10. The molecule has 0 saturated heterocycles. The van der Waals surface area contributed by atoms with Crippen molar-refractivity contribution in [3.05, 3.63) is 35.4 Å². The van der Waals surface area contributed by atoms with E-state index in [0.717, 1.165) is 12.8 Å². The van der Waals surface area contributed by atoms with Crippen molar-refractivity contribution in [1.82, 2.24) is 4.90 Å². The fourth-order valence-corrected chi connectivity index (χ4v) is 2.85. The van der Waals surface area contributed by atoms with Crippen molar-refractivity contribution in [3.63, 3.8) is 0 Å². The van der Waals surface area contributed by atoms with E-state index in [4.69, 9.17) is 0 Å². The molecule has 0 aliphatic carbocycles. The zero-order chi connectivity index (χ0) is 15.1. The molecule has 22 heavy (non-hydrogen) atoms. The van der Waals surface area contributed by atoms with Gasteiger partial charge in [-0.15, -0.1) is 0 Å². The van der Waals surface area contributed by atoms with Gasteiger partial charge in [-0.3, -0.25) is 14.5 Å². The minimum Gasteiger partial charge on any atom is -1.00 e. The van der Waals surface area contributed by atoms with Gasteiger partial charge in [0.05, 0.1) is 11.1 Å². The fraction of sp³-hybridized carbons (Fsp3) is 0.556. The summed E-state index contributed by atoms with van der Waals surface area (Å²) in [4.78, 5) is 25.7. The molecule has 1 aromatic carbocycles. The van der Waals surface area contributed by atoms with Gasteiger partial charge in [0.25, 0.3) is 11.8 Å². The smallest absolute Gasteiger partial charge is 1.00 e. The van der Waals surface area contributed by atoms with Gasteiger partial charge in [-0.25, -0.2) is 0 Å². The summed E-state index contributed by atoms with van der Waals surface area (Å²) in [5.74, 6) is -0.253. The molecule has 0 spiro atoms. The van der Waals surface area contributed by atoms with Gasteiger partial charge in [0.15, 0.2) is 0 Å². The van der Waals surface area contributed by atoms with Crippen LogP contribution in [0, 0.1) is 0 Å². The third-order valence-corrected chi connectivity index (χ3v) is 4.11. The molecular formula is C18H26NNaO2. The predicted molar refractivity (Wildman–Crippen MR) is 85.5 cm³/mol. The monoisotopic (exact) mass is 311 g/mol. The number of nitrogens with zero attached hydrogens (tertiary/aromatic N) is 1. The average Bonchev–Trinajstić information content (AvgIpc) is 2.75. The molecule has 0 unspecified atom stereocenters. The first-order valence-corrected chi connectivity index (χ1v) is 8.21. The molecule has 0 radical (unpaired) electrons. The van der Waals surface area contributed by atoms with E-state index in [9.17, 15) is 9.59 Å². The van der Waals surface area contributed by atoms with Crippen molar-refractivity contribution < 1.29 is 40.6 Å². The molecule has 2 rings (SSSR count). The van der Waals surface area contributed by atoms with Crippen molar-refractivity contribution in [1.29, 1.82) is 0 Å². The van der Waals surface area contributed by atoms with Crippen molar-refractivity contribution in [3.8, 4) is 0 Å². The maximum atomic E-state index is 12.2. The number of unbranched alkanes of at least 4 members (excludes halogenated alkanes) is 7. The van der Waals surface area contributed by atoms with Crippen LogP contribution in [0.3, 0.4) is 0 Å². The molecule has 1 aliphatic heterocycles. The van der Waals surface area contributed by atoms with Crippen LogP contribution in [-0.4, -0.2) is 23.3 Å². The number of carbonyl (C=O) groups is 2. The van der Waals surface area contributed by atoms with Crippen LogP contribution in [0.4, 0.5) is 0 Å². The van der Waals surface area contributed by atoms with Crippen LogP contribution in [0.1, 0.15) is 80.4 Å². The van der Waals surface area contributed by atoms with Gasteiger partial charge < -0.3 is 1.43 Å². The number of imide groups is 1. The van der Waals surface area contributed by atoms with E-state index in [1.165, 1.54) is 43.4 Å². The first kappa shape index (κ1) is 19.4. The normalized spacial score (nSPS) is 13.2. The Hall–Kier alpha value is -0.640. The second-order valence-electron chi connectivity index (χ2n) is 5.78. The van der Waals surface area contributed by atoms with Gasteiger partial charge >= 0.3 is 29.6 Å². The molecule has 116 valence electrons. The summed E-state index contributed by atoms with van der Waals surface area (Å²) in [6.07, 6.45) is 9.72. The number of hydrogen-bond acceptors (Lipinski definition) is 2. The predicted octanol–water partition coefficient (Wildman–Crippen LogP) is 1.54. The van der Waals surface area contributed by atoms with E-state index in [1.807, 2.05) is 12.1 Å². The Balaban J connectivity index is 0.00000242. The van der Waals surface area contributed by atoms with Crippen LogP contribution >= 0.6 is 0 Å². The van der Waals surface area contributed by atoms with E-state index < -0.39 is 0 Å². The van der Waals surface area contributed by atoms with Gasteiger partial charge in [0.2, 0.25) is 0 Å². The number of rotatable bonds is 9. The number of fused-ring (bicyclic) bond motifs is 1. The Morgan fingerprint density at radius 2 is 1.27 bits per heavy atom. The third kappa shape index (κ3) is 4.94. The minimum atomic E-state index is -0.126. The topological polar surface area (TPSA) is 37.4 Å². The largest absolute Gasteiger partial charge is 1.00 e. The maximum Gasteiger partial charge on any atom is 1.00 e. The van der Waals surface area contributed by atoms with E-state index >= 15 is 0 Å². The van der Waals surface area contributed by atoms with Crippen LogP contribution in [-0.2, 0) is 0 Å². The zero-order valence-electron chi connectivity index (χ0n) is 14.9.